The van der Waals surface area contributed by atoms with Gasteiger partial charge in [-0.25, -0.2) is 4.79 Å². The van der Waals surface area contributed by atoms with E-state index in [2.05, 4.69) is 17.2 Å². The minimum Gasteiger partial charge on any atom is -0.480 e. The zero-order valence-corrected chi connectivity index (χ0v) is 11.8. The average Bonchev–Trinajstić information content (AvgIpc) is 2.32. The standard InChI is InChI=1S/C11H19N3O4S/c1-4-5-13-10(18)14-7(15)6-19-11(2,3)8(12)9(16)17/h4,8H,1,5-6,12H2,2-3H3,(H,16,17)(H2,13,14,15,18)/t8-/m1/s1. The van der Waals surface area contributed by atoms with Crippen LogP contribution >= 0.6 is 11.8 Å². The smallest absolute Gasteiger partial charge is 0.321 e. The Morgan fingerprint density at radius 3 is 2.53 bits per heavy atom. The van der Waals surface area contributed by atoms with Gasteiger partial charge in [0.1, 0.15) is 6.04 Å². The van der Waals surface area contributed by atoms with E-state index in [-0.39, 0.29) is 12.3 Å². The number of imide groups is 1. The monoisotopic (exact) mass is 289 g/mol. The summed E-state index contributed by atoms with van der Waals surface area (Å²) in [5, 5.41) is 13.3. The summed E-state index contributed by atoms with van der Waals surface area (Å²) < 4.78 is -0.819. The first-order valence-corrected chi connectivity index (χ1v) is 6.50. The highest BCUT2D eigenvalue weighted by atomic mass is 32.2. The fourth-order valence-corrected chi connectivity index (χ4v) is 1.87. The molecular formula is C11H19N3O4S. The van der Waals surface area contributed by atoms with Crippen molar-refractivity contribution < 1.29 is 19.5 Å². The van der Waals surface area contributed by atoms with Crippen molar-refractivity contribution >= 4 is 29.7 Å². The molecule has 19 heavy (non-hydrogen) atoms. The zero-order chi connectivity index (χ0) is 15.1. The number of carboxylic acid groups (broad SMARTS) is 1. The van der Waals surface area contributed by atoms with Crippen LogP contribution in [0, 0.1) is 0 Å². The van der Waals surface area contributed by atoms with Crippen LogP contribution in [-0.4, -0.2) is 46.1 Å². The molecule has 7 nitrogen and oxygen atoms in total. The van der Waals surface area contributed by atoms with Crippen LogP contribution in [0.4, 0.5) is 4.79 Å². The molecule has 0 saturated carbocycles. The molecule has 0 aliphatic carbocycles. The van der Waals surface area contributed by atoms with Crippen LogP contribution in [0.25, 0.3) is 0 Å². The van der Waals surface area contributed by atoms with E-state index in [1.165, 1.54) is 6.08 Å². The Morgan fingerprint density at radius 2 is 2.05 bits per heavy atom. The van der Waals surface area contributed by atoms with Crippen molar-refractivity contribution in [2.45, 2.75) is 24.6 Å². The first-order valence-electron chi connectivity index (χ1n) is 5.51. The summed E-state index contributed by atoms with van der Waals surface area (Å²) >= 11 is 1.07. The Labute approximate surface area is 116 Å². The molecule has 0 saturated heterocycles. The number of nitrogens with one attached hydrogen (secondary N) is 2. The van der Waals surface area contributed by atoms with Crippen molar-refractivity contribution in [1.82, 2.24) is 10.6 Å². The maximum absolute atomic E-state index is 11.4. The number of rotatable bonds is 7. The van der Waals surface area contributed by atoms with E-state index in [9.17, 15) is 14.4 Å². The van der Waals surface area contributed by atoms with Crippen molar-refractivity contribution in [3.05, 3.63) is 12.7 Å². The van der Waals surface area contributed by atoms with Crippen molar-refractivity contribution in [3.63, 3.8) is 0 Å². The summed E-state index contributed by atoms with van der Waals surface area (Å²) in [6.07, 6.45) is 1.48. The van der Waals surface area contributed by atoms with E-state index in [1.54, 1.807) is 13.8 Å². The number of carboxylic acids is 1. The van der Waals surface area contributed by atoms with Gasteiger partial charge < -0.3 is 16.2 Å². The number of nitrogens with two attached hydrogens (primary N) is 1. The number of carbonyl (C=O) groups excluding carboxylic acids is 2. The van der Waals surface area contributed by atoms with Crippen LogP contribution in [-0.2, 0) is 9.59 Å². The van der Waals surface area contributed by atoms with Gasteiger partial charge in [-0.2, -0.15) is 0 Å². The molecule has 5 N–H and O–H groups in total. The summed E-state index contributed by atoms with van der Waals surface area (Å²) in [5.41, 5.74) is 5.51. The lowest BCUT2D eigenvalue weighted by molar-refractivity contribution is -0.139. The molecule has 0 fully saturated rings. The molecule has 0 rings (SSSR count). The van der Waals surface area contributed by atoms with Crippen LogP contribution in [0.3, 0.4) is 0 Å². The molecule has 1 atom stereocenters. The maximum atomic E-state index is 11.4. The highest BCUT2D eigenvalue weighted by Crippen LogP contribution is 2.27. The van der Waals surface area contributed by atoms with Crippen LogP contribution in [0.15, 0.2) is 12.7 Å². The van der Waals surface area contributed by atoms with Gasteiger partial charge >= 0.3 is 12.0 Å². The fourth-order valence-electron chi connectivity index (χ4n) is 1.01. The van der Waals surface area contributed by atoms with Crippen LogP contribution < -0.4 is 16.4 Å². The molecule has 0 aromatic carbocycles. The summed E-state index contributed by atoms with van der Waals surface area (Å²) in [4.78, 5) is 33.4. The second-order valence-electron chi connectivity index (χ2n) is 4.25. The van der Waals surface area contributed by atoms with Gasteiger partial charge in [-0.3, -0.25) is 14.9 Å². The van der Waals surface area contributed by atoms with Gasteiger partial charge in [-0.15, -0.1) is 18.3 Å². The fraction of sp³-hybridized carbons (Fsp3) is 0.545. The van der Waals surface area contributed by atoms with E-state index in [0.29, 0.717) is 0 Å². The molecule has 0 spiro atoms. The second kappa shape index (κ2) is 7.80. The van der Waals surface area contributed by atoms with E-state index < -0.39 is 28.7 Å². The number of thioether (sulfide) groups is 1. The van der Waals surface area contributed by atoms with Gasteiger partial charge in [0.05, 0.1) is 5.75 Å². The van der Waals surface area contributed by atoms with Gasteiger partial charge in [0.25, 0.3) is 0 Å². The predicted octanol–water partition coefficient (Wildman–Crippen LogP) is -0.0781. The third-order valence-corrected chi connectivity index (χ3v) is 3.65. The van der Waals surface area contributed by atoms with E-state index in [0.717, 1.165) is 11.8 Å². The molecule has 108 valence electrons. The second-order valence-corrected chi connectivity index (χ2v) is 5.88. The van der Waals surface area contributed by atoms with Gasteiger partial charge in [0.2, 0.25) is 5.91 Å². The molecule has 0 radical (unpaired) electrons. The van der Waals surface area contributed by atoms with Crippen LogP contribution in [0.5, 0.6) is 0 Å². The van der Waals surface area contributed by atoms with Crippen molar-refractivity contribution in [3.8, 4) is 0 Å². The molecule has 3 amide bonds. The van der Waals surface area contributed by atoms with Gasteiger partial charge in [0.15, 0.2) is 0 Å². The normalized spacial score (nSPS) is 12.4. The number of hydrogen-bond donors (Lipinski definition) is 4. The van der Waals surface area contributed by atoms with E-state index >= 15 is 0 Å². The Balaban J connectivity index is 4.18. The number of hydrogen-bond acceptors (Lipinski definition) is 5. The van der Waals surface area contributed by atoms with Gasteiger partial charge in [-0.05, 0) is 13.8 Å². The SMILES string of the molecule is C=CCNC(=O)NC(=O)CSC(C)(C)[C@H](N)C(=O)O. The quantitative estimate of drug-likeness (QED) is 0.486. The lowest BCUT2D eigenvalue weighted by Crippen LogP contribution is -2.48. The largest absolute Gasteiger partial charge is 0.480 e. The first-order chi connectivity index (χ1) is 8.70. The molecule has 0 aromatic heterocycles. The van der Waals surface area contributed by atoms with Crippen LogP contribution in [0.2, 0.25) is 0 Å². The molecule has 8 heteroatoms. The average molecular weight is 289 g/mol. The lowest BCUT2D eigenvalue weighted by Gasteiger charge is -2.27. The van der Waals surface area contributed by atoms with Crippen molar-refractivity contribution in [1.29, 1.82) is 0 Å². The lowest BCUT2D eigenvalue weighted by atomic mass is 10.1. The third kappa shape index (κ3) is 6.82. The van der Waals surface area contributed by atoms with Crippen molar-refractivity contribution in [2.24, 2.45) is 5.73 Å². The Hall–Kier alpha value is -1.54. The molecule has 0 aromatic rings. The maximum Gasteiger partial charge on any atom is 0.321 e. The molecular weight excluding hydrogens is 270 g/mol. The highest BCUT2D eigenvalue weighted by Gasteiger charge is 2.33. The zero-order valence-electron chi connectivity index (χ0n) is 10.9. The summed E-state index contributed by atoms with van der Waals surface area (Å²) in [5.74, 6) is -1.71. The number of amides is 3. The molecule has 0 aliphatic rings. The Kier molecular flexibility index (Phi) is 7.17. The molecule has 0 heterocycles. The van der Waals surface area contributed by atoms with Gasteiger partial charge in [0, 0.05) is 11.3 Å². The summed E-state index contributed by atoms with van der Waals surface area (Å²) in [6.45, 7) is 6.92. The molecule has 0 aliphatic heterocycles. The van der Waals surface area contributed by atoms with Crippen molar-refractivity contribution in [2.75, 3.05) is 12.3 Å². The first kappa shape index (κ1) is 17.5. The Bertz CT molecular complexity index is 371. The minimum absolute atomic E-state index is 0.0600. The summed E-state index contributed by atoms with van der Waals surface area (Å²) in [7, 11) is 0. The van der Waals surface area contributed by atoms with Gasteiger partial charge in [-0.1, -0.05) is 6.08 Å². The Morgan fingerprint density at radius 1 is 1.47 bits per heavy atom. The highest BCUT2D eigenvalue weighted by molar-refractivity contribution is 8.01. The van der Waals surface area contributed by atoms with E-state index in [1.807, 2.05) is 0 Å². The predicted molar refractivity (Wildman–Crippen MR) is 73.9 cm³/mol. The third-order valence-electron chi connectivity index (χ3n) is 2.25. The molecule has 0 unspecified atom stereocenters. The molecule has 0 bridgehead atoms. The number of aliphatic carboxylic acids is 1. The number of carbonyl (C=O) groups is 3. The summed E-state index contributed by atoms with van der Waals surface area (Å²) in [6, 6.07) is -1.72. The number of urea groups is 1. The topological polar surface area (TPSA) is 122 Å². The van der Waals surface area contributed by atoms with Crippen LogP contribution in [0.1, 0.15) is 13.8 Å². The van der Waals surface area contributed by atoms with E-state index in [4.69, 9.17) is 10.8 Å². The minimum atomic E-state index is -1.14.